The summed E-state index contributed by atoms with van der Waals surface area (Å²) in [7, 11) is 2.07. The molecule has 0 saturated carbocycles. The van der Waals surface area contributed by atoms with Crippen molar-refractivity contribution in [2.45, 2.75) is 71.6 Å². The number of imide groups is 1. The first kappa shape index (κ1) is 33.0. The molecule has 9 nitrogen and oxygen atoms in total. The SMILES string of the molecule is CCN(CC)c1ccc2c(/C=C/c3ccc(N(C)CCCCCC(=O)ON4C(=O)CCC4=O)cc3)cc(=[N+]3CCCCC3)oc2c1. The average molecular weight is 628 g/mol. The van der Waals surface area contributed by atoms with Gasteiger partial charge in [0.2, 0.25) is 0 Å². The smallest absolute Gasteiger partial charge is 0.368 e. The molecule has 0 spiro atoms. The molecule has 5 rings (SSSR count). The van der Waals surface area contributed by atoms with Gasteiger partial charge in [-0.1, -0.05) is 30.7 Å². The van der Waals surface area contributed by atoms with Gasteiger partial charge in [-0.2, -0.15) is 4.58 Å². The number of anilines is 2. The summed E-state index contributed by atoms with van der Waals surface area (Å²) in [4.78, 5) is 44.7. The fraction of sp³-hybridized carbons (Fsp3) is 0.459. The first-order valence-electron chi connectivity index (χ1n) is 16.8. The molecule has 1 aromatic heterocycles. The quantitative estimate of drug-likeness (QED) is 0.130. The normalized spacial score (nSPS) is 15.3. The molecule has 3 heterocycles. The lowest BCUT2D eigenvalue weighted by Crippen LogP contribution is -2.34. The van der Waals surface area contributed by atoms with Crippen molar-refractivity contribution in [2.75, 3.05) is 49.6 Å². The number of rotatable bonds is 13. The lowest BCUT2D eigenvalue weighted by atomic mass is 10.1. The number of piperidine rings is 1. The molecule has 244 valence electrons. The molecule has 2 fully saturated rings. The highest BCUT2D eigenvalue weighted by Crippen LogP contribution is 2.26. The topological polar surface area (TPSA) is 86.3 Å². The van der Waals surface area contributed by atoms with Crippen molar-refractivity contribution < 1.29 is 23.6 Å². The van der Waals surface area contributed by atoms with E-state index in [1.54, 1.807) is 0 Å². The maximum atomic E-state index is 12.0. The molecule has 0 radical (unpaired) electrons. The van der Waals surface area contributed by atoms with Gasteiger partial charge in [0, 0.05) is 81.6 Å². The van der Waals surface area contributed by atoms with Crippen LogP contribution in [-0.2, 0) is 19.2 Å². The van der Waals surface area contributed by atoms with Gasteiger partial charge in [0.25, 0.3) is 11.8 Å². The highest BCUT2D eigenvalue weighted by molar-refractivity contribution is 6.01. The zero-order chi connectivity index (χ0) is 32.5. The van der Waals surface area contributed by atoms with E-state index in [4.69, 9.17) is 9.25 Å². The summed E-state index contributed by atoms with van der Waals surface area (Å²) in [5.41, 5.74) is 6.44. The Labute approximate surface area is 271 Å². The predicted molar refractivity (Wildman–Crippen MR) is 183 cm³/mol. The molecule has 2 aliphatic heterocycles. The molecule has 0 N–H and O–H groups in total. The lowest BCUT2D eigenvalue weighted by Gasteiger charge is -2.21. The van der Waals surface area contributed by atoms with Crippen molar-refractivity contribution in [1.82, 2.24) is 9.64 Å². The van der Waals surface area contributed by atoms with Crippen LogP contribution in [0.2, 0.25) is 0 Å². The molecule has 2 saturated heterocycles. The molecule has 0 atom stereocenters. The van der Waals surface area contributed by atoms with Crippen LogP contribution in [0.25, 0.3) is 23.1 Å². The van der Waals surface area contributed by atoms with Crippen molar-refractivity contribution in [3.8, 4) is 0 Å². The first-order chi connectivity index (χ1) is 22.4. The third-order valence-electron chi connectivity index (χ3n) is 8.93. The van der Waals surface area contributed by atoms with Crippen LogP contribution in [0.5, 0.6) is 0 Å². The van der Waals surface area contributed by atoms with E-state index < -0.39 is 17.8 Å². The van der Waals surface area contributed by atoms with E-state index in [-0.39, 0.29) is 19.3 Å². The Bertz CT molecular complexity index is 1610. The molecular weight excluding hydrogens is 580 g/mol. The predicted octanol–water partition coefficient (Wildman–Crippen LogP) is 6.01. The second-order valence-corrected chi connectivity index (χ2v) is 12.1. The fourth-order valence-electron chi connectivity index (χ4n) is 6.14. The summed E-state index contributed by atoms with van der Waals surface area (Å²) in [6.07, 6.45) is 10.8. The number of benzene rings is 2. The van der Waals surface area contributed by atoms with E-state index >= 15 is 0 Å². The Morgan fingerprint density at radius 3 is 2.28 bits per heavy atom. The molecule has 9 heteroatoms. The number of carbonyl (C=O) groups is 3. The van der Waals surface area contributed by atoms with Crippen LogP contribution < -0.4 is 19.9 Å². The number of hydrogen-bond acceptors (Lipinski definition) is 7. The summed E-state index contributed by atoms with van der Waals surface area (Å²) >= 11 is 0. The van der Waals surface area contributed by atoms with Gasteiger partial charge in [0.05, 0.1) is 6.07 Å². The van der Waals surface area contributed by atoms with Gasteiger partial charge in [0.1, 0.15) is 18.7 Å². The molecule has 46 heavy (non-hydrogen) atoms. The van der Waals surface area contributed by atoms with Gasteiger partial charge in [-0.15, -0.1) is 5.06 Å². The number of amides is 2. The Morgan fingerprint density at radius 1 is 0.891 bits per heavy atom. The summed E-state index contributed by atoms with van der Waals surface area (Å²) < 4.78 is 8.89. The molecule has 2 aliphatic rings. The van der Waals surface area contributed by atoms with E-state index in [2.05, 4.69) is 96.0 Å². The van der Waals surface area contributed by atoms with E-state index in [9.17, 15) is 14.4 Å². The van der Waals surface area contributed by atoms with Crippen molar-refractivity contribution >= 4 is 52.3 Å². The van der Waals surface area contributed by atoms with E-state index in [1.807, 2.05) is 0 Å². The van der Waals surface area contributed by atoms with Crippen molar-refractivity contribution in [3.63, 3.8) is 0 Å². The highest BCUT2D eigenvalue weighted by atomic mass is 16.7. The molecule has 2 amide bonds. The third kappa shape index (κ3) is 8.24. The number of carbonyl (C=O) groups excluding carboxylic acids is 3. The number of unbranched alkanes of at least 4 members (excludes halogenated alkanes) is 2. The molecular formula is C37H47N4O5+. The van der Waals surface area contributed by atoms with Gasteiger partial charge in [-0.3, -0.25) is 9.59 Å². The molecule has 0 unspecified atom stereocenters. The third-order valence-corrected chi connectivity index (χ3v) is 8.93. The second kappa shape index (κ2) is 15.7. The van der Waals surface area contributed by atoms with Crippen molar-refractivity contribution in [2.24, 2.45) is 0 Å². The van der Waals surface area contributed by atoms with Crippen molar-refractivity contribution in [3.05, 3.63) is 65.2 Å². The Balaban J connectivity index is 1.20. The van der Waals surface area contributed by atoms with Gasteiger partial charge in [-0.05, 0) is 68.5 Å². The zero-order valence-electron chi connectivity index (χ0n) is 27.5. The maximum Gasteiger partial charge on any atom is 0.368 e. The fourth-order valence-corrected chi connectivity index (χ4v) is 6.14. The number of fused-ring (bicyclic) bond motifs is 1. The van der Waals surface area contributed by atoms with Gasteiger partial charge >= 0.3 is 11.5 Å². The van der Waals surface area contributed by atoms with Gasteiger partial charge in [0.15, 0.2) is 0 Å². The van der Waals surface area contributed by atoms with Crippen LogP contribution >= 0.6 is 0 Å². The van der Waals surface area contributed by atoms with E-state index in [0.717, 1.165) is 78.9 Å². The minimum absolute atomic E-state index is 0.105. The largest absolute Gasteiger partial charge is 0.405 e. The highest BCUT2D eigenvalue weighted by Gasteiger charge is 2.32. The van der Waals surface area contributed by atoms with Crippen molar-refractivity contribution in [1.29, 1.82) is 0 Å². The molecule has 3 aromatic rings. The minimum atomic E-state index is -0.536. The van der Waals surface area contributed by atoms with E-state index in [1.165, 1.54) is 24.9 Å². The Morgan fingerprint density at radius 2 is 1.59 bits per heavy atom. The van der Waals surface area contributed by atoms with Gasteiger partial charge < -0.3 is 19.1 Å². The van der Waals surface area contributed by atoms with Crippen LogP contribution in [0.15, 0.2) is 52.9 Å². The lowest BCUT2D eigenvalue weighted by molar-refractivity contribution is -0.197. The zero-order valence-corrected chi connectivity index (χ0v) is 27.5. The second-order valence-electron chi connectivity index (χ2n) is 12.1. The average Bonchev–Trinajstić information content (AvgIpc) is 3.40. The number of nitrogens with zero attached hydrogens (tertiary/aromatic N) is 4. The first-order valence-corrected chi connectivity index (χ1v) is 16.8. The van der Waals surface area contributed by atoms with Crippen LogP contribution in [0.4, 0.5) is 11.4 Å². The van der Waals surface area contributed by atoms with Gasteiger partial charge in [-0.25, -0.2) is 4.79 Å². The summed E-state index contributed by atoms with van der Waals surface area (Å²) in [5, 5.41) is 1.72. The molecule has 2 aromatic carbocycles. The van der Waals surface area contributed by atoms with Crippen LogP contribution in [0.3, 0.4) is 0 Å². The number of hydrogen-bond donors (Lipinski definition) is 0. The standard InChI is InChI=1S/C37H47N4O5/c1-4-39(5-2)31-19-20-32-29(26-36(45-33(32)27-31)40-24-10-7-11-25-40)16-13-28-14-17-30(18-15-28)38(3)23-9-6-8-12-37(44)46-41-34(42)21-22-35(41)43/h13-20,26-27H,4-12,21-25H2,1-3H3/q+1. The summed E-state index contributed by atoms with van der Waals surface area (Å²) in [6.45, 7) is 9.17. The van der Waals surface area contributed by atoms with Crippen LogP contribution in [0, 0.1) is 0 Å². The summed E-state index contributed by atoms with van der Waals surface area (Å²) in [6, 6.07) is 17.3. The van der Waals surface area contributed by atoms with E-state index in [0.29, 0.717) is 11.5 Å². The maximum absolute atomic E-state index is 12.0. The number of hydroxylamine groups is 2. The minimum Gasteiger partial charge on any atom is -0.405 e. The summed E-state index contributed by atoms with van der Waals surface area (Å²) in [5.74, 6) is -1.43. The molecule has 0 aliphatic carbocycles. The monoisotopic (exact) mass is 627 g/mol. The van der Waals surface area contributed by atoms with Crippen LogP contribution in [-0.4, -0.2) is 62.6 Å². The Hall–Kier alpha value is -4.40. The van der Waals surface area contributed by atoms with Crippen LogP contribution in [0.1, 0.15) is 82.8 Å². The molecule has 0 bridgehead atoms. The Kier molecular flexibility index (Phi) is 11.3.